The van der Waals surface area contributed by atoms with Gasteiger partial charge < -0.3 is 10.9 Å². The van der Waals surface area contributed by atoms with Crippen LogP contribution in [0.2, 0.25) is 0 Å². The van der Waals surface area contributed by atoms with E-state index in [1.54, 1.807) is 0 Å². The average Bonchev–Trinajstić information content (AvgIpc) is 2.40. The van der Waals surface area contributed by atoms with Gasteiger partial charge in [0, 0.05) is 5.92 Å². The molecule has 3 nitrogen and oxygen atoms in total. The van der Waals surface area contributed by atoms with Gasteiger partial charge in [0.1, 0.15) is 5.84 Å². The summed E-state index contributed by atoms with van der Waals surface area (Å²) in [5.74, 6) is 0.750. The lowest BCUT2D eigenvalue weighted by atomic mass is 9.92. The summed E-state index contributed by atoms with van der Waals surface area (Å²) in [6.07, 6.45) is 16.9. The van der Waals surface area contributed by atoms with Crippen molar-refractivity contribution in [2.24, 2.45) is 16.8 Å². The number of hydrogen-bond donors (Lipinski definition) is 2. The minimum Gasteiger partial charge on any atom is -0.409 e. The van der Waals surface area contributed by atoms with E-state index in [0.29, 0.717) is 11.8 Å². The van der Waals surface area contributed by atoms with Gasteiger partial charge in [-0.3, -0.25) is 0 Å². The van der Waals surface area contributed by atoms with Crippen LogP contribution >= 0.6 is 0 Å². The molecule has 0 atom stereocenters. The van der Waals surface area contributed by atoms with E-state index in [1.807, 2.05) is 0 Å². The molecule has 1 saturated carbocycles. The van der Waals surface area contributed by atoms with Crippen molar-refractivity contribution >= 4 is 5.84 Å². The molecule has 1 fully saturated rings. The first-order valence-corrected chi connectivity index (χ1v) is 7.82. The Morgan fingerprint density at radius 3 is 1.39 bits per heavy atom. The molecule has 1 rings (SSSR count). The van der Waals surface area contributed by atoms with Crippen LogP contribution in [0.1, 0.15) is 83.5 Å². The van der Waals surface area contributed by atoms with Gasteiger partial charge in [-0.2, -0.15) is 0 Å². The van der Waals surface area contributed by atoms with Crippen LogP contribution in [0.15, 0.2) is 5.16 Å². The first-order valence-electron chi connectivity index (χ1n) is 7.82. The fourth-order valence-corrected chi connectivity index (χ4v) is 2.89. The number of rotatable bonds is 1. The van der Waals surface area contributed by atoms with Crippen LogP contribution < -0.4 is 5.73 Å². The Morgan fingerprint density at radius 1 is 0.722 bits per heavy atom. The van der Waals surface area contributed by atoms with E-state index in [9.17, 15) is 0 Å². The van der Waals surface area contributed by atoms with Crippen molar-refractivity contribution in [2.45, 2.75) is 83.5 Å². The van der Waals surface area contributed by atoms with Crippen molar-refractivity contribution in [2.75, 3.05) is 0 Å². The Labute approximate surface area is 112 Å². The highest BCUT2D eigenvalue weighted by molar-refractivity contribution is 5.82. The van der Waals surface area contributed by atoms with Crippen LogP contribution in [0.25, 0.3) is 0 Å². The van der Waals surface area contributed by atoms with E-state index in [0.717, 1.165) is 12.8 Å². The van der Waals surface area contributed by atoms with Gasteiger partial charge >= 0.3 is 0 Å². The summed E-state index contributed by atoms with van der Waals surface area (Å²) >= 11 is 0. The fraction of sp³-hybridized carbons (Fsp3) is 0.933. The second-order valence-electron chi connectivity index (χ2n) is 5.69. The Morgan fingerprint density at radius 2 is 1.06 bits per heavy atom. The molecule has 0 saturated heterocycles. The van der Waals surface area contributed by atoms with Crippen LogP contribution in [-0.4, -0.2) is 11.0 Å². The molecule has 3 N–H and O–H groups in total. The minimum absolute atomic E-state index is 0.304. The molecule has 1 aliphatic rings. The SMILES string of the molecule is N/C(=N\O)C1CCCCCCCCCCCCC1. The van der Waals surface area contributed by atoms with Gasteiger partial charge in [-0.05, 0) is 12.8 Å². The molecule has 0 amide bonds. The van der Waals surface area contributed by atoms with Gasteiger partial charge in [0.25, 0.3) is 0 Å². The van der Waals surface area contributed by atoms with E-state index in [-0.39, 0.29) is 0 Å². The van der Waals surface area contributed by atoms with Crippen molar-refractivity contribution in [3.05, 3.63) is 0 Å². The number of oxime groups is 1. The zero-order valence-electron chi connectivity index (χ0n) is 11.7. The zero-order chi connectivity index (χ0) is 13.1. The zero-order valence-corrected chi connectivity index (χ0v) is 11.7. The predicted molar refractivity (Wildman–Crippen MR) is 76.9 cm³/mol. The number of amidine groups is 1. The standard InChI is InChI=1S/C15H30N2O/c16-15(17-18)14-12-10-8-6-4-2-1-3-5-7-9-11-13-14/h14,18H,1-13H2,(H2,16,17). The van der Waals surface area contributed by atoms with Gasteiger partial charge in [0.15, 0.2) is 0 Å². The van der Waals surface area contributed by atoms with E-state index >= 15 is 0 Å². The van der Waals surface area contributed by atoms with Gasteiger partial charge in [0.05, 0.1) is 0 Å². The van der Waals surface area contributed by atoms with Crippen LogP contribution in [-0.2, 0) is 0 Å². The highest BCUT2D eigenvalue weighted by Crippen LogP contribution is 2.20. The quantitative estimate of drug-likeness (QED) is 0.315. The van der Waals surface area contributed by atoms with E-state index in [1.165, 1.54) is 70.6 Å². The van der Waals surface area contributed by atoms with Gasteiger partial charge in [-0.1, -0.05) is 75.8 Å². The van der Waals surface area contributed by atoms with Crippen molar-refractivity contribution in [1.29, 1.82) is 0 Å². The maximum Gasteiger partial charge on any atom is 0.142 e. The Kier molecular flexibility index (Phi) is 8.70. The topological polar surface area (TPSA) is 58.6 Å². The molecule has 0 aromatic heterocycles. The molecule has 1 aliphatic carbocycles. The summed E-state index contributed by atoms with van der Waals surface area (Å²) in [4.78, 5) is 0. The Hall–Kier alpha value is -0.730. The molecule has 0 aromatic carbocycles. The Bertz CT molecular complexity index is 215. The molecular weight excluding hydrogens is 224 g/mol. The van der Waals surface area contributed by atoms with Crippen molar-refractivity contribution in [3.8, 4) is 0 Å². The van der Waals surface area contributed by atoms with Gasteiger partial charge in [-0.25, -0.2) is 0 Å². The fourth-order valence-electron chi connectivity index (χ4n) is 2.89. The van der Waals surface area contributed by atoms with Crippen LogP contribution in [0.3, 0.4) is 0 Å². The van der Waals surface area contributed by atoms with Gasteiger partial charge in [0.2, 0.25) is 0 Å². The lowest BCUT2D eigenvalue weighted by Gasteiger charge is -2.15. The summed E-state index contributed by atoms with van der Waals surface area (Å²) in [5.41, 5.74) is 5.78. The normalized spacial score (nSPS) is 23.4. The summed E-state index contributed by atoms with van der Waals surface area (Å²) in [6, 6.07) is 0. The summed E-state index contributed by atoms with van der Waals surface area (Å²) in [5, 5.41) is 12.0. The Balaban J connectivity index is 2.34. The van der Waals surface area contributed by atoms with Crippen LogP contribution in [0, 0.1) is 5.92 Å². The minimum atomic E-state index is 0.304. The van der Waals surface area contributed by atoms with Crippen LogP contribution in [0.4, 0.5) is 0 Å². The highest BCUT2D eigenvalue weighted by atomic mass is 16.4. The lowest BCUT2D eigenvalue weighted by Crippen LogP contribution is -2.23. The number of nitrogens with zero attached hydrogens (tertiary/aromatic N) is 1. The molecule has 3 heteroatoms. The van der Waals surface area contributed by atoms with E-state index in [2.05, 4.69) is 5.16 Å². The van der Waals surface area contributed by atoms with Crippen molar-refractivity contribution < 1.29 is 5.21 Å². The first-order chi connectivity index (χ1) is 8.84. The molecule has 0 aliphatic heterocycles. The second-order valence-corrected chi connectivity index (χ2v) is 5.69. The first kappa shape index (κ1) is 15.3. The molecule has 106 valence electrons. The summed E-state index contributed by atoms with van der Waals surface area (Å²) in [6.45, 7) is 0. The molecule has 0 spiro atoms. The number of hydrogen-bond acceptors (Lipinski definition) is 2. The van der Waals surface area contributed by atoms with E-state index in [4.69, 9.17) is 10.9 Å². The molecule has 0 bridgehead atoms. The molecular formula is C15H30N2O. The third-order valence-corrected chi connectivity index (χ3v) is 4.14. The van der Waals surface area contributed by atoms with Crippen molar-refractivity contribution in [3.63, 3.8) is 0 Å². The average molecular weight is 254 g/mol. The maximum atomic E-state index is 8.82. The summed E-state index contributed by atoms with van der Waals surface area (Å²) < 4.78 is 0. The maximum absolute atomic E-state index is 8.82. The third kappa shape index (κ3) is 6.87. The van der Waals surface area contributed by atoms with Crippen LogP contribution in [0.5, 0.6) is 0 Å². The molecule has 0 heterocycles. The predicted octanol–water partition coefficient (Wildman–Crippen LogP) is 4.43. The monoisotopic (exact) mass is 254 g/mol. The highest BCUT2D eigenvalue weighted by Gasteiger charge is 2.13. The second kappa shape index (κ2) is 10.2. The van der Waals surface area contributed by atoms with Crippen molar-refractivity contribution in [1.82, 2.24) is 0 Å². The lowest BCUT2D eigenvalue weighted by molar-refractivity contribution is 0.311. The largest absolute Gasteiger partial charge is 0.409 e. The van der Waals surface area contributed by atoms with Gasteiger partial charge in [-0.15, -0.1) is 0 Å². The van der Waals surface area contributed by atoms with E-state index < -0.39 is 0 Å². The molecule has 0 aromatic rings. The third-order valence-electron chi connectivity index (χ3n) is 4.14. The smallest absolute Gasteiger partial charge is 0.142 e. The molecule has 0 unspecified atom stereocenters. The number of nitrogens with two attached hydrogens (primary N) is 1. The molecule has 18 heavy (non-hydrogen) atoms. The molecule has 0 radical (unpaired) electrons. The summed E-state index contributed by atoms with van der Waals surface area (Å²) in [7, 11) is 0.